The summed E-state index contributed by atoms with van der Waals surface area (Å²) >= 11 is 6.27. The smallest absolute Gasteiger partial charge is 0.169 e. The van der Waals surface area contributed by atoms with Gasteiger partial charge in [-0.3, -0.25) is 4.68 Å². The molecule has 0 fully saturated rings. The lowest BCUT2D eigenvalue weighted by atomic mass is 10.3. The number of rotatable bonds is 4. The first-order chi connectivity index (χ1) is 8.58. The van der Waals surface area contributed by atoms with Crippen molar-refractivity contribution in [2.45, 2.75) is 40.3 Å². The van der Waals surface area contributed by atoms with Crippen molar-refractivity contribution in [1.29, 1.82) is 0 Å². The summed E-state index contributed by atoms with van der Waals surface area (Å²) < 4.78 is 3.67. The Balaban J connectivity index is 2.39. The van der Waals surface area contributed by atoms with E-state index in [1.807, 2.05) is 25.5 Å². The van der Waals surface area contributed by atoms with Crippen LogP contribution in [-0.4, -0.2) is 24.8 Å². The van der Waals surface area contributed by atoms with Crippen LogP contribution >= 0.6 is 11.6 Å². The van der Waals surface area contributed by atoms with E-state index in [0.717, 1.165) is 30.0 Å². The van der Waals surface area contributed by atoms with Gasteiger partial charge in [0.05, 0.1) is 28.6 Å². The molecule has 2 aromatic heterocycles. The van der Waals surface area contributed by atoms with Crippen LogP contribution in [0.4, 0.5) is 5.82 Å². The normalized spacial score (nSPS) is 11.1. The van der Waals surface area contributed by atoms with E-state index in [1.165, 1.54) is 0 Å². The maximum absolute atomic E-state index is 6.27. The van der Waals surface area contributed by atoms with Crippen LogP contribution in [-0.2, 0) is 19.5 Å². The van der Waals surface area contributed by atoms with Crippen LogP contribution in [0.5, 0.6) is 0 Å². The molecule has 2 heterocycles. The first kappa shape index (κ1) is 12.9. The van der Waals surface area contributed by atoms with E-state index in [2.05, 4.69) is 15.4 Å². The molecule has 0 aliphatic heterocycles. The second-order valence-corrected chi connectivity index (χ2v) is 4.47. The van der Waals surface area contributed by atoms with Gasteiger partial charge in [-0.15, -0.1) is 5.10 Å². The first-order valence-electron chi connectivity index (χ1n) is 5.98. The van der Waals surface area contributed by atoms with Crippen LogP contribution in [0.25, 0.3) is 0 Å². The zero-order chi connectivity index (χ0) is 13.3. The Morgan fingerprint density at radius 3 is 2.56 bits per heavy atom. The fraction of sp³-hybridized carbons (Fsp3) is 0.545. The van der Waals surface area contributed by atoms with E-state index in [4.69, 9.17) is 17.3 Å². The molecule has 0 aliphatic carbocycles. The number of nitrogens with two attached hydrogens (primary N) is 1. The van der Waals surface area contributed by atoms with Gasteiger partial charge in [-0.05, 0) is 20.3 Å². The molecule has 0 aromatic carbocycles. The first-order valence-corrected chi connectivity index (χ1v) is 6.35. The van der Waals surface area contributed by atoms with E-state index < -0.39 is 0 Å². The molecule has 98 valence electrons. The van der Waals surface area contributed by atoms with Gasteiger partial charge in [0, 0.05) is 6.54 Å². The number of nitrogen functional groups attached to an aromatic ring is 1. The quantitative estimate of drug-likeness (QED) is 0.915. The van der Waals surface area contributed by atoms with Gasteiger partial charge in [0.25, 0.3) is 0 Å². The average Bonchev–Trinajstić information content (AvgIpc) is 2.84. The predicted molar refractivity (Wildman–Crippen MR) is 70.6 cm³/mol. The van der Waals surface area contributed by atoms with Gasteiger partial charge in [-0.1, -0.05) is 23.7 Å². The van der Waals surface area contributed by atoms with Gasteiger partial charge >= 0.3 is 0 Å². The van der Waals surface area contributed by atoms with Gasteiger partial charge in [-0.2, -0.15) is 5.10 Å². The maximum atomic E-state index is 6.27. The second kappa shape index (κ2) is 4.97. The van der Waals surface area contributed by atoms with Crippen molar-refractivity contribution in [2.75, 3.05) is 5.73 Å². The lowest BCUT2D eigenvalue weighted by molar-refractivity contribution is 0.553. The molecule has 7 heteroatoms. The minimum Gasteiger partial charge on any atom is -0.381 e. The molecule has 0 amide bonds. The van der Waals surface area contributed by atoms with Crippen LogP contribution in [0.1, 0.15) is 30.9 Å². The zero-order valence-electron chi connectivity index (χ0n) is 10.8. The van der Waals surface area contributed by atoms with Crippen LogP contribution in [0.2, 0.25) is 5.02 Å². The SMILES string of the molecule is CCc1c(N)nnn1Cc1c(Cl)c(C)nn1CC. The Kier molecular flexibility index (Phi) is 3.56. The molecule has 0 saturated heterocycles. The fourth-order valence-electron chi connectivity index (χ4n) is 2.00. The highest BCUT2D eigenvalue weighted by atomic mass is 35.5. The number of aromatic nitrogens is 5. The van der Waals surface area contributed by atoms with E-state index in [0.29, 0.717) is 17.4 Å². The third-order valence-electron chi connectivity index (χ3n) is 2.95. The Labute approximate surface area is 111 Å². The van der Waals surface area contributed by atoms with Crippen molar-refractivity contribution in [1.82, 2.24) is 24.8 Å². The van der Waals surface area contributed by atoms with Crippen LogP contribution in [0, 0.1) is 6.92 Å². The summed E-state index contributed by atoms with van der Waals surface area (Å²) in [6.07, 6.45) is 0.787. The third-order valence-corrected chi connectivity index (χ3v) is 3.45. The summed E-state index contributed by atoms with van der Waals surface area (Å²) in [6.45, 7) is 7.27. The van der Waals surface area contributed by atoms with Gasteiger partial charge in [-0.25, -0.2) is 4.68 Å². The molecule has 0 bridgehead atoms. The minimum absolute atomic E-state index is 0.480. The molecule has 0 radical (unpaired) electrons. The number of hydrogen-bond acceptors (Lipinski definition) is 4. The number of halogens is 1. The molecule has 0 unspecified atom stereocenters. The van der Waals surface area contributed by atoms with E-state index in [1.54, 1.807) is 4.68 Å². The zero-order valence-corrected chi connectivity index (χ0v) is 11.6. The molecule has 6 nitrogen and oxygen atoms in total. The van der Waals surface area contributed by atoms with Crippen LogP contribution in [0.3, 0.4) is 0 Å². The molecule has 0 aliphatic rings. The third kappa shape index (κ3) is 2.08. The van der Waals surface area contributed by atoms with Crippen molar-refractivity contribution >= 4 is 17.4 Å². The van der Waals surface area contributed by atoms with E-state index >= 15 is 0 Å². The van der Waals surface area contributed by atoms with Gasteiger partial charge < -0.3 is 5.73 Å². The highest BCUT2D eigenvalue weighted by Crippen LogP contribution is 2.22. The molecule has 2 rings (SSSR count). The van der Waals surface area contributed by atoms with Crippen molar-refractivity contribution < 1.29 is 0 Å². The lowest BCUT2D eigenvalue weighted by Crippen LogP contribution is -2.12. The summed E-state index contributed by atoms with van der Waals surface area (Å²) in [4.78, 5) is 0. The molecule has 18 heavy (non-hydrogen) atoms. The average molecular weight is 269 g/mol. The van der Waals surface area contributed by atoms with Crippen LogP contribution < -0.4 is 5.73 Å². The molecule has 0 spiro atoms. The molecular formula is C11H17ClN6. The maximum Gasteiger partial charge on any atom is 0.169 e. The van der Waals surface area contributed by atoms with Crippen molar-refractivity contribution in [3.05, 3.63) is 22.1 Å². The Hall–Kier alpha value is -1.56. The molecular weight excluding hydrogens is 252 g/mol. The van der Waals surface area contributed by atoms with Crippen LogP contribution in [0.15, 0.2) is 0 Å². The lowest BCUT2D eigenvalue weighted by Gasteiger charge is -2.07. The molecule has 0 atom stereocenters. The predicted octanol–water partition coefficient (Wildman–Crippen LogP) is 1.65. The Morgan fingerprint density at radius 1 is 1.22 bits per heavy atom. The largest absolute Gasteiger partial charge is 0.381 e. The molecule has 2 N–H and O–H groups in total. The monoisotopic (exact) mass is 268 g/mol. The topological polar surface area (TPSA) is 74.6 Å². The Morgan fingerprint density at radius 2 is 1.94 bits per heavy atom. The minimum atomic E-state index is 0.480. The number of aryl methyl sites for hydroxylation is 2. The summed E-state index contributed by atoms with van der Waals surface area (Å²) in [5, 5.41) is 13.0. The van der Waals surface area contributed by atoms with Crippen molar-refractivity contribution in [3.63, 3.8) is 0 Å². The number of hydrogen-bond donors (Lipinski definition) is 1. The number of nitrogens with zero attached hydrogens (tertiary/aromatic N) is 5. The highest BCUT2D eigenvalue weighted by molar-refractivity contribution is 6.31. The summed E-state index contributed by atoms with van der Waals surface area (Å²) in [5.74, 6) is 0.480. The van der Waals surface area contributed by atoms with Gasteiger partial charge in [0.1, 0.15) is 0 Å². The Bertz CT molecular complexity index is 556. The number of anilines is 1. The van der Waals surface area contributed by atoms with E-state index in [-0.39, 0.29) is 0 Å². The summed E-state index contributed by atoms with van der Waals surface area (Å²) in [7, 11) is 0. The second-order valence-electron chi connectivity index (χ2n) is 4.09. The highest BCUT2D eigenvalue weighted by Gasteiger charge is 2.16. The fourth-order valence-corrected chi connectivity index (χ4v) is 2.19. The summed E-state index contributed by atoms with van der Waals surface area (Å²) in [5.41, 5.74) is 8.47. The van der Waals surface area contributed by atoms with E-state index in [9.17, 15) is 0 Å². The standard InChI is InChI=1S/C11H17ClN6/c1-4-8-11(13)14-16-18(8)6-9-10(12)7(3)15-17(9)5-2/h4-6,13H2,1-3H3. The van der Waals surface area contributed by atoms with Gasteiger partial charge in [0.2, 0.25) is 0 Å². The molecule has 2 aromatic rings. The van der Waals surface area contributed by atoms with Crippen molar-refractivity contribution in [3.8, 4) is 0 Å². The summed E-state index contributed by atoms with van der Waals surface area (Å²) in [6, 6.07) is 0. The van der Waals surface area contributed by atoms with Gasteiger partial charge in [0.15, 0.2) is 5.82 Å². The van der Waals surface area contributed by atoms with Crippen molar-refractivity contribution in [2.24, 2.45) is 0 Å². The molecule has 0 saturated carbocycles.